The quantitative estimate of drug-likeness (QED) is 0.628. The number of hydrogen-bond donors (Lipinski definition) is 1. The first-order valence-corrected chi connectivity index (χ1v) is 5.03. The van der Waals surface area contributed by atoms with E-state index in [-0.39, 0.29) is 12.1 Å². The van der Waals surface area contributed by atoms with Crippen molar-refractivity contribution >= 4 is 11.7 Å². The molecule has 1 rings (SSSR count). The highest BCUT2D eigenvalue weighted by molar-refractivity contribution is 5.67. The molecule has 0 aliphatic carbocycles. The van der Waals surface area contributed by atoms with Gasteiger partial charge in [0, 0.05) is 6.07 Å². The zero-order chi connectivity index (χ0) is 13.0. The fourth-order valence-electron chi connectivity index (χ4n) is 1.33. The van der Waals surface area contributed by atoms with Crippen molar-refractivity contribution in [1.82, 2.24) is 0 Å². The van der Waals surface area contributed by atoms with Crippen LogP contribution in [-0.4, -0.2) is 22.1 Å². The number of carboxylic acid groups (broad SMARTS) is 1. The third-order valence-corrected chi connectivity index (χ3v) is 2.17. The number of carboxylic acids is 1. The van der Waals surface area contributed by atoms with Crippen molar-refractivity contribution < 1.29 is 19.6 Å². The number of aliphatic carboxylic acids is 1. The van der Waals surface area contributed by atoms with Crippen LogP contribution in [-0.2, 0) is 4.79 Å². The Hall–Kier alpha value is -2.11. The molecule has 6 nitrogen and oxygen atoms in total. The number of carbonyl (C=O) groups is 1. The summed E-state index contributed by atoms with van der Waals surface area (Å²) < 4.78 is 5.36. The number of nitro benzene ring substituents is 1. The first kappa shape index (κ1) is 13.0. The van der Waals surface area contributed by atoms with Gasteiger partial charge in [-0.1, -0.05) is 0 Å². The Bertz CT molecular complexity index is 443. The third kappa shape index (κ3) is 3.75. The first-order chi connectivity index (χ1) is 7.90. The molecule has 0 fully saturated rings. The van der Waals surface area contributed by atoms with E-state index in [9.17, 15) is 14.9 Å². The lowest BCUT2D eigenvalue weighted by atomic mass is 10.2. The van der Waals surface area contributed by atoms with Gasteiger partial charge >= 0.3 is 5.97 Å². The molecular weight excluding hydrogens is 226 g/mol. The number of rotatable bonds is 5. The zero-order valence-electron chi connectivity index (χ0n) is 9.54. The second-order valence-corrected chi connectivity index (χ2v) is 3.73. The number of non-ortho nitro benzene ring substituents is 1. The van der Waals surface area contributed by atoms with E-state index in [0.717, 1.165) is 5.56 Å². The van der Waals surface area contributed by atoms with E-state index < -0.39 is 17.0 Å². The lowest BCUT2D eigenvalue weighted by molar-refractivity contribution is -0.385. The summed E-state index contributed by atoms with van der Waals surface area (Å²) in [6, 6.07) is 4.25. The largest absolute Gasteiger partial charge is 0.490 e. The van der Waals surface area contributed by atoms with Gasteiger partial charge in [-0.05, 0) is 25.5 Å². The Labute approximate surface area is 98.0 Å². The van der Waals surface area contributed by atoms with Gasteiger partial charge in [-0.2, -0.15) is 0 Å². The highest BCUT2D eigenvalue weighted by Crippen LogP contribution is 2.25. The average Bonchev–Trinajstić information content (AvgIpc) is 2.19. The summed E-state index contributed by atoms with van der Waals surface area (Å²) in [5.74, 6) is -0.631. The SMILES string of the molecule is Cc1ccc([N+](=O)[O-])cc1O[C@@H](C)CC(=O)O. The topological polar surface area (TPSA) is 89.7 Å². The summed E-state index contributed by atoms with van der Waals surface area (Å²) in [5.41, 5.74) is 0.654. The molecule has 1 atom stereocenters. The molecule has 0 aliphatic rings. The van der Waals surface area contributed by atoms with Crippen molar-refractivity contribution in [2.75, 3.05) is 0 Å². The number of ether oxygens (including phenoxy) is 1. The standard InChI is InChI=1S/C11H13NO5/c1-7-3-4-9(12(15)16)6-10(7)17-8(2)5-11(13)14/h3-4,6,8H,5H2,1-2H3,(H,13,14)/t8-/m0/s1. The number of nitrogens with zero attached hydrogens (tertiary/aromatic N) is 1. The molecule has 0 heterocycles. The molecule has 0 unspecified atom stereocenters. The molecule has 92 valence electrons. The van der Waals surface area contributed by atoms with Gasteiger partial charge in [0.2, 0.25) is 0 Å². The predicted octanol–water partition coefficient (Wildman–Crippen LogP) is 2.15. The molecule has 6 heteroatoms. The second-order valence-electron chi connectivity index (χ2n) is 3.73. The molecule has 0 amide bonds. The van der Waals surface area contributed by atoms with Gasteiger partial charge in [0.05, 0.1) is 17.4 Å². The van der Waals surface area contributed by atoms with E-state index in [1.54, 1.807) is 19.9 Å². The van der Waals surface area contributed by atoms with Crippen molar-refractivity contribution in [1.29, 1.82) is 0 Å². The fraction of sp³-hybridized carbons (Fsp3) is 0.364. The van der Waals surface area contributed by atoms with Gasteiger partial charge in [-0.15, -0.1) is 0 Å². The molecule has 0 radical (unpaired) electrons. The molecule has 17 heavy (non-hydrogen) atoms. The molecule has 0 aliphatic heterocycles. The van der Waals surface area contributed by atoms with Gasteiger partial charge in [-0.25, -0.2) is 0 Å². The van der Waals surface area contributed by atoms with E-state index >= 15 is 0 Å². The van der Waals surface area contributed by atoms with Crippen LogP contribution >= 0.6 is 0 Å². The van der Waals surface area contributed by atoms with E-state index in [4.69, 9.17) is 9.84 Å². The number of benzene rings is 1. The van der Waals surface area contributed by atoms with Crippen LogP contribution in [0.5, 0.6) is 5.75 Å². The van der Waals surface area contributed by atoms with Crippen LogP contribution in [0.25, 0.3) is 0 Å². The van der Waals surface area contributed by atoms with Gasteiger partial charge < -0.3 is 9.84 Å². The van der Waals surface area contributed by atoms with Crippen molar-refractivity contribution in [3.8, 4) is 5.75 Å². The first-order valence-electron chi connectivity index (χ1n) is 5.03. The summed E-state index contributed by atoms with van der Waals surface area (Å²) in [7, 11) is 0. The van der Waals surface area contributed by atoms with Crippen LogP contribution in [0.1, 0.15) is 18.9 Å². The van der Waals surface area contributed by atoms with Crippen LogP contribution in [0.4, 0.5) is 5.69 Å². The smallest absolute Gasteiger partial charge is 0.307 e. The maximum absolute atomic E-state index is 10.6. The van der Waals surface area contributed by atoms with Crippen molar-refractivity contribution in [2.45, 2.75) is 26.4 Å². The molecule has 1 aromatic carbocycles. The van der Waals surface area contributed by atoms with Crippen LogP contribution in [0.3, 0.4) is 0 Å². The lowest BCUT2D eigenvalue weighted by Crippen LogP contribution is -2.17. The summed E-state index contributed by atoms with van der Waals surface area (Å²) in [6.45, 7) is 3.35. The predicted molar refractivity (Wildman–Crippen MR) is 60.2 cm³/mol. The third-order valence-electron chi connectivity index (χ3n) is 2.17. The summed E-state index contributed by atoms with van der Waals surface area (Å²) in [4.78, 5) is 20.5. The van der Waals surface area contributed by atoms with Gasteiger partial charge in [0.1, 0.15) is 11.9 Å². The summed E-state index contributed by atoms with van der Waals surface area (Å²) in [5, 5.41) is 19.2. The molecule has 0 saturated carbocycles. The average molecular weight is 239 g/mol. The monoisotopic (exact) mass is 239 g/mol. The minimum absolute atomic E-state index is 0.0758. The van der Waals surface area contributed by atoms with Gasteiger partial charge in [0.15, 0.2) is 0 Å². The van der Waals surface area contributed by atoms with Crippen molar-refractivity contribution in [2.24, 2.45) is 0 Å². The maximum Gasteiger partial charge on any atom is 0.307 e. The molecule has 0 bridgehead atoms. The van der Waals surface area contributed by atoms with E-state index in [2.05, 4.69) is 0 Å². The normalized spacial score (nSPS) is 11.9. The van der Waals surface area contributed by atoms with Crippen molar-refractivity contribution in [3.63, 3.8) is 0 Å². The molecule has 0 saturated heterocycles. The lowest BCUT2D eigenvalue weighted by Gasteiger charge is -2.14. The summed E-state index contributed by atoms with van der Waals surface area (Å²) in [6.07, 6.45) is -0.685. The Balaban J connectivity index is 2.86. The molecular formula is C11H13NO5. The highest BCUT2D eigenvalue weighted by Gasteiger charge is 2.14. The van der Waals surface area contributed by atoms with Gasteiger partial charge in [-0.3, -0.25) is 14.9 Å². The Kier molecular flexibility index (Phi) is 4.03. The zero-order valence-corrected chi connectivity index (χ0v) is 9.54. The van der Waals surface area contributed by atoms with Crippen LogP contribution in [0, 0.1) is 17.0 Å². The molecule has 1 N–H and O–H groups in total. The Morgan fingerprint density at radius 2 is 2.24 bits per heavy atom. The van der Waals surface area contributed by atoms with Crippen LogP contribution < -0.4 is 4.74 Å². The minimum Gasteiger partial charge on any atom is -0.490 e. The van der Waals surface area contributed by atoms with E-state index in [1.807, 2.05) is 0 Å². The minimum atomic E-state index is -0.972. The number of aryl methyl sites for hydroxylation is 1. The number of hydrogen-bond acceptors (Lipinski definition) is 4. The van der Waals surface area contributed by atoms with Crippen LogP contribution in [0.2, 0.25) is 0 Å². The Morgan fingerprint density at radius 1 is 1.59 bits per heavy atom. The molecule has 0 spiro atoms. The van der Waals surface area contributed by atoms with Crippen molar-refractivity contribution in [3.05, 3.63) is 33.9 Å². The fourth-order valence-corrected chi connectivity index (χ4v) is 1.33. The molecule has 0 aromatic heterocycles. The second kappa shape index (κ2) is 5.29. The maximum atomic E-state index is 10.6. The molecule has 1 aromatic rings. The Morgan fingerprint density at radius 3 is 2.76 bits per heavy atom. The van der Waals surface area contributed by atoms with E-state index in [0.29, 0.717) is 5.75 Å². The van der Waals surface area contributed by atoms with Gasteiger partial charge in [0.25, 0.3) is 5.69 Å². The summed E-state index contributed by atoms with van der Waals surface area (Å²) >= 11 is 0. The van der Waals surface area contributed by atoms with Crippen LogP contribution in [0.15, 0.2) is 18.2 Å². The highest BCUT2D eigenvalue weighted by atomic mass is 16.6. The number of nitro groups is 1. The van der Waals surface area contributed by atoms with E-state index in [1.165, 1.54) is 12.1 Å².